The van der Waals surface area contributed by atoms with E-state index in [4.69, 9.17) is 9.84 Å². The van der Waals surface area contributed by atoms with E-state index >= 15 is 0 Å². The molecule has 2 aromatic rings. The molecule has 0 unspecified atom stereocenters. The van der Waals surface area contributed by atoms with Crippen LogP contribution in [0, 0.1) is 5.92 Å². The summed E-state index contributed by atoms with van der Waals surface area (Å²) in [6.07, 6.45) is 2.46. The van der Waals surface area contributed by atoms with E-state index in [0.717, 1.165) is 35.4 Å². The van der Waals surface area contributed by atoms with Crippen LogP contribution in [-0.4, -0.2) is 23.7 Å². The highest BCUT2D eigenvalue weighted by atomic mass is 16.5. The van der Waals surface area contributed by atoms with Gasteiger partial charge in [-0.3, -0.25) is 4.79 Å². The van der Waals surface area contributed by atoms with E-state index in [1.807, 2.05) is 31.2 Å². The quantitative estimate of drug-likeness (QED) is 0.853. The molecule has 0 radical (unpaired) electrons. The van der Waals surface area contributed by atoms with Gasteiger partial charge in [0.25, 0.3) is 0 Å². The van der Waals surface area contributed by atoms with Gasteiger partial charge in [0.15, 0.2) is 0 Å². The van der Waals surface area contributed by atoms with Gasteiger partial charge < -0.3 is 4.74 Å². The molecule has 1 aliphatic heterocycles. The standard InChI is InChI=1S/C21H22N2O2/c1-3-19(24)23-21(15-7-5-4-6-8-15)17-12-10-14-9-11-16(25-2)13-18(14)20(17)22-23/h4-9,11,13,17,21H,3,10,12H2,1-2H3/t17-,21-/m0/s1. The predicted octanol–water partition coefficient (Wildman–Crippen LogP) is 3.96. The van der Waals surface area contributed by atoms with Gasteiger partial charge in [-0.25, -0.2) is 5.01 Å². The maximum atomic E-state index is 12.6. The number of hydrazone groups is 1. The van der Waals surface area contributed by atoms with Crippen molar-refractivity contribution in [3.63, 3.8) is 0 Å². The summed E-state index contributed by atoms with van der Waals surface area (Å²) in [4.78, 5) is 12.6. The van der Waals surface area contributed by atoms with Gasteiger partial charge >= 0.3 is 0 Å². The summed E-state index contributed by atoms with van der Waals surface area (Å²) >= 11 is 0. The number of rotatable bonds is 3. The minimum atomic E-state index is -0.0111. The van der Waals surface area contributed by atoms with Crippen LogP contribution in [0.2, 0.25) is 0 Å². The molecule has 0 saturated heterocycles. The number of ether oxygens (including phenoxy) is 1. The molecule has 1 heterocycles. The molecule has 4 heteroatoms. The Kier molecular flexibility index (Phi) is 4.04. The average molecular weight is 334 g/mol. The summed E-state index contributed by atoms with van der Waals surface area (Å²) in [7, 11) is 1.68. The number of fused-ring (bicyclic) bond motifs is 3. The Hall–Kier alpha value is -2.62. The highest BCUT2D eigenvalue weighted by molar-refractivity contribution is 6.07. The highest BCUT2D eigenvalue weighted by Crippen LogP contribution is 2.44. The van der Waals surface area contributed by atoms with E-state index in [1.54, 1.807) is 12.1 Å². The third-order valence-electron chi connectivity index (χ3n) is 5.23. The van der Waals surface area contributed by atoms with Gasteiger partial charge in [0.1, 0.15) is 5.75 Å². The third kappa shape index (κ3) is 2.62. The first-order valence-corrected chi connectivity index (χ1v) is 8.85. The van der Waals surface area contributed by atoms with Crippen molar-refractivity contribution in [1.29, 1.82) is 0 Å². The Labute approximate surface area is 148 Å². The maximum absolute atomic E-state index is 12.6. The van der Waals surface area contributed by atoms with E-state index in [2.05, 4.69) is 24.3 Å². The van der Waals surface area contributed by atoms with Gasteiger partial charge in [-0.05, 0) is 36.1 Å². The van der Waals surface area contributed by atoms with Gasteiger partial charge in [-0.2, -0.15) is 5.10 Å². The lowest BCUT2D eigenvalue weighted by atomic mass is 9.77. The van der Waals surface area contributed by atoms with E-state index in [9.17, 15) is 4.79 Å². The Bertz CT molecular complexity index is 829. The molecule has 0 spiro atoms. The highest BCUT2D eigenvalue weighted by Gasteiger charge is 2.43. The van der Waals surface area contributed by atoms with Crippen molar-refractivity contribution >= 4 is 11.6 Å². The van der Waals surface area contributed by atoms with Crippen LogP contribution in [-0.2, 0) is 11.2 Å². The number of carbonyl (C=O) groups excluding carboxylic acids is 1. The molecule has 0 fully saturated rings. The number of nitrogens with zero attached hydrogens (tertiary/aromatic N) is 2. The van der Waals surface area contributed by atoms with Crippen molar-refractivity contribution in [2.24, 2.45) is 11.0 Å². The number of benzene rings is 2. The first-order valence-electron chi connectivity index (χ1n) is 8.85. The van der Waals surface area contributed by atoms with Gasteiger partial charge in [-0.1, -0.05) is 43.3 Å². The number of hydrogen-bond acceptors (Lipinski definition) is 3. The normalized spacial score (nSPS) is 21.4. The van der Waals surface area contributed by atoms with Crippen LogP contribution in [0.5, 0.6) is 5.75 Å². The summed E-state index contributed by atoms with van der Waals surface area (Å²) in [6.45, 7) is 1.89. The number of carbonyl (C=O) groups is 1. The molecule has 4 nitrogen and oxygen atoms in total. The second-order valence-corrected chi connectivity index (χ2v) is 6.60. The molecule has 0 saturated carbocycles. The van der Waals surface area contributed by atoms with Crippen molar-refractivity contribution in [3.05, 3.63) is 65.2 Å². The van der Waals surface area contributed by atoms with Crippen molar-refractivity contribution in [2.45, 2.75) is 32.2 Å². The van der Waals surface area contributed by atoms with E-state index in [1.165, 1.54) is 5.56 Å². The number of methoxy groups -OCH3 is 1. The molecule has 25 heavy (non-hydrogen) atoms. The van der Waals surface area contributed by atoms with Crippen molar-refractivity contribution in [2.75, 3.05) is 7.11 Å². The molecule has 128 valence electrons. The zero-order valence-corrected chi connectivity index (χ0v) is 14.6. The van der Waals surface area contributed by atoms with Crippen LogP contribution >= 0.6 is 0 Å². The fourth-order valence-electron chi connectivity index (χ4n) is 3.97. The average Bonchev–Trinajstić information content (AvgIpc) is 3.07. The largest absolute Gasteiger partial charge is 0.497 e. The summed E-state index contributed by atoms with van der Waals surface area (Å²) in [5.74, 6) is 1.14. The van der Waals surface area contributed by atoms with Crippen LogP contribution < -0.4 is 4.74 Å². The minimum absolute atomic E-state index is 0.0111. The molecular weight excluding hydrogens is 312 g/mol. The van der Waals surface area contributed by atoms with E-state index in [0.29, 0.717) is 6.42 Å². The molecule has 0 aromatic heterocycles. The lowest BCUT2D eigenvalue weighted by Gasteiger charge is -2.29. The molecule has 2 aliphatic rings. The summed E-state index contributed by atoms with van der Waals surface area (Å²) < 4.78 is 5.40. The van der Waals surface area contributed by atoms with Crippen LogP contribution in [0.4, 0.5) is 0 Å². The van der Waals surface area contributed by atoms with Crippen molar-refractivity contribution in [1.82, 2.24) is 5.01 Å². The summed E-state index contributed by atoms with van der Waals surface area (Å²) in [5.41, 5.74) is 4.59. The molecule has 1 amide bonds. The topological polar surface area (TPSA) is 41.9 Å². The van der Waals surface area contributed by atoms with Crippen LogP contribution in [0.25, 0.3) is 0 Å². The zero-order valence-electron chi connectivity index (χ0n) is 14.6. The SMILES string of the molecule is CCC(=O)N1N=C2c3cc(OC)ccc3CC[C@@H]2[C@@H]1c1ccccc1. The summed E-state index contributed by atoms with van der Waals surface area (Å²) in [5, 5.41) is 6.51. The Morgan fingerprint density at radius 1 is 1.24 bits per heavy atom. The molecule has 2 atom stereocenters. The smallest absolute Gasteiger partial charge is 0.242 e. The monoisotopic (exact) mass is 334 g/mol. The van der Waals surface area contributed by atoms with Crippen LogP contribution in [0.1, 0.15) is 42.5 Å². The molecular formula is C21H22N2O2. The maximum Gasteiger partial charge on any atom is 0.242 e. The Balaban J connectivity index is 1.81. The van der Waals surface area contributed by atoms with Gasteiger partial charge in [0.05, 0.1) is 18.9 Å². The predicted molar refractivity (Wildman–Crippen MR) is 97.7 cm³/mol. The second kappa shape index (κ2) is 6.36. The lowest BCUT2D eigenvalue weighted by Crippen LogP contribution is -2.31. The first-order chi connectivity index (χ1) is 12.2. The molecule has 1 aliphatic carbocycles. The van der Waals surface area contributed by atoms with Crippen molar-refractivity contribution in [3.8, 4) is 5.75 Å². The van der Waals surface area contributed by atoms with E-state index < -0.39 is 0 Å². The van der Waals surface area contributed by atoms with Gasteiger partial charge in [-0.15, -0.1) is 0 Å². The Morgan fingerprint density at radius 3 is 2.76 bits per heavy atom. The molecule has 2 aromatic carbocycles. The van der Waals surface area contributed by atoms with Gasteiger partial charge in [0, 0.05) is 17.9 Å². The Morgan fingerprint density at radius 2 is 2.04 bits per heavy atom. The minimum Gasteiger partial charge on any atom is -0.497 e. The summed E-state index contributed by atoms with van der Waals surface area (Å²) in [6, 6.07) is 16.4. The number of hydrogen-bond donors (Lipinski definition) is 0. The lowest BCUT2D eigenvalue weighted by molar-refractivity contribution is -0.133. The zero-order chi connectivity index (χ0) is 17.4. The fraction of sp³-hybridized carbons (Fsp3) is 0.333. The van der Waals surface area contributed by atoms with Crippen molar-refractivity contribution < 1.29 is 9.53 Å². The van der Waals surface area contributed by atoms with Crippen LogP contribution in [0.3, 0.4) is 0 Å². The third-order valence-corrected chi connectivity index (χ3v) is 5.23. The van der Waals surface area contributed by atoms with Crippen LogP contribution in [0.15, 0.2) is 53.6 Å². The number of amides is 1. The molecule has 0 N–H and O–H groups in total. The second-order valence-electron chi connectivity index (χ2n) is 6.60. The van der Waals surface area contributed by atoms with Gasteiger partial charge in [0.2, 0.25) is 5.91 Å². The molecule has 4 rings (SSSR count). The fourth-order valence-corrected chi connectivity index (χ4v) is 3.97. The first kappa shape index (κ1) is 15.9. The van der Waals surface area contributed by atoms with E-state index in [-0.39, 0.29) is 17.9 Å². The molecule has 0 bridgehead atoms. The number of aryl methyl sites for hydroxylation is 1.